The zero-order chi connectivity index (χ0) is 18.4. The van der Waals surface area contributed by atoms with Gasteiger partial charge in [-0.25, -0.2) is 0 Å². The first-order valence-corrected chi connectivity index (χ1v) is 9.07. The van der Waals surface area contributed by atoms with E-state index >= 15 is 0 Å². The molecule has 0 bridgehead atoms. The Morgan fingerprint density at radius 2 is 1.58 bits per heavy atom. The molecule has 1 aliphatic rings. The molecule has 1 heterocycles. The van der Waals surface area contributed by atoms with Crippen molar-refractivity contribution in [2.24, 2.45) is 0 Å². The van der Waals surface area contributed by atoms with Gasteiger partial charge in [0.1, 0.15) is 17.2 Å². The van der Waals surface area contributed by atoms with E-state index in [1.165, 1.54) is 5.56 Å². The average molecular weight is 356 g/mol. The Hall–Kier alpha value is -2.24. The molecular weight excluding hydrogens is 328 g/mol. The highest BCUT2D eigenvalue weighted by molar-refractivity contribution is 5.47. The Labute approximate surface area is 155 Å². The quantitative estimate of drug-likeness (QED) is 0.862. The number of nitrogens with zero attached hydrogens (tertiary/aromatic N) is 1. The van der Waals surface area contributed by atoms with Crippen LogP contribution in [0.25, 0.3) is 0 Å². The van der Waals surface area contributed by atoms with Crippen molar-refractivity contribution in [3.05, 3.63) is 53.6 Å². The zero-order valence-electron chi connectivity index (χ0n) is 15.8. The molecule has 1 N–H and O–H groups in total. The molecule has 5 nitrogen and oxygen atoms in total. The Morgan fingerprint density at radius 3 is 2.27 bits per heavy atom. The van der Waals surface area contributed by atoms with Crippen molar-refractivity contribution in [1.29, 1.82) is 0 Å². The minimum Gasteiger partial charge on any atom is -0.497 e. The smallest absolute Gasteiger partial charge is 0.127 e. The summed E-state index contributed by atoms with van der Waals surface area (Å²) >= 11 is 0. The van der Waals surface area contributed by atoms with E-state index in [1.807, 2.05) is 24.3 Å². The molecular formula is C21H28N2O3. The van der Waals surface area contributed by atoms with Crippen LogP contribution in [0, 0.1) is 0 Å². The van der Waals surface area contributed by atoms with Crippen molar-refractivity contribution in [2.45, 2.75) is 12.5 Å². The van der Waals surface area contributed by atoms with Gasteiger partial charge in [-0.15, -0.1) is 0 Å². The summed E-state index contributed by atoms with van der Waals surface area (Å²) in [6, 6.07) is 14.5. The second-order valence-corrected chi connectivity index (χ2v) is 6.42. The van der Waals surface area contributed by atoms with Crippen LogP contribution in [0.2, 0.25) is 0 Å². The van der Waals surface area contributed by atoms with Crippen molar-refractivity contribution < 1.29 is 14.2 Å². The maximum Gasteiger partial charge on any atom is 0.127 e. The maximum atomic E-state index is 5.71. The van der Waals surface area contributed by atoms with Gasteiger partial charge < -0.3 is 19.5 Å². The molecule has 0 aromatic heterocycles. The van der Waals surface area contributed by atoms with Gasteiger partial charge in [0, 0.05) is 31.3 Å². The van der Waals surface area contributed by atoms with Gasteiger partial charge in [0.2, 0.25) is 0 Å². The summed E-state index contributed by atoms with van der Waals surface area (Å²) in [5.74, 6) is 2.52. The fraction of sp³-hybridized carbons (Fsp3) is 0.429. The van der Waals surface area contributed by atoms with Crippen molar-refractivity contribution in [3.8, 4) is 17.2 Å². The second kappa shape index (κ2) is 8.92. The first-order chi connectivity index (χ1) is 12.8. The predicted molar refractivity (Wildman–Crippen MR) is 103 cm³/mol. The van der Waals surface area contributed by atoms with Crippen LogP contribution in [-0.4, -0.2) is 52.4 Å². The summed E-state index contributed by atoms with van der Waals surface area (Å²) in [5.41, 5.74) is 2.39. The molecule has 26 heavy (non-hydrogen) atoms. The van der Waals surface area contributed by atoms with Crippen LogP contribution in [0.1, 0.15) is 23.6 Å². The third-order valence-corrected chi connectivity index (χ3v) is 4.91. The highest BCUT2D eigenvalue weighted by Crippen LogP contribution is 2.37. The van der Waals surface area contributed by atoms with E-state index in [2.05, 4.69) is 28.4 Å². The number of benzene rings is 2. The van der Waals surface area contributed by atoms with Gasteiger partial charge in [0.25, 0.3) is 0 Å². The summed E-state index contributed by atoms with van der Waals surface area (Å²) in [7, 11) is 5.09. The standard InChI is InChI=1S/C21H28N2O3/c1-24-17-7-5-16(6-8-17)21(23-13-4-11-22-12-14-23)19-10-9-18(25-2)15-20(19)26-3/h5-10,15,21-22H,4,11-14H2,1-3H3. The zero-order valence-corrected chi connectivity index (χ0v) is 15.8. The predicted octanol–water partition coefficient (Wildman–Crippen LogP) is 3.10. The van der Waals surface area contributed by atoms with E-state index in [4.69, 9.17) is 14.2 Å². The molecule has 5 heteroatoms. The van der Waals surface area contributed by atoms with Crippen molar-refractivity contribution in [2.75, 3.05) is 47.5 Å². The first-order valence-electron chi connectivity index (χ1n) is 9.07. The third kappa shape index (κ3) is 4.11. The topological polar surface area (TPSA) is 43.0 Å². The molecule has 1 aliphatic heterocycles. The molecule has 1 fully saturated rings. The summed E-state index contributed by atoms with van der Waals surface area (Å²) in [5, 5.41) is 3.49. The van der Waals surface area contributed by atoms with Crippen LogP contribution in [-0.2, 0) is 0 Å². The molecule has 1 saturated heterocycles. The second-order valence-electron chi connectivity index (χ2n) is 6.42. The highest BCUT2D eigenvalue weighted by atomic mass is 16.5. The minimum atomic E-state index is 0.127. The third-order valence-electron chi connectivity index (χ3n) is 4.91. The summed E-state index contributed by atoms with van der Waals surface area (Å²) < 4.78 is 16.4. The Bertz CT molecular complexity index is 695. The Balaban J connectivity index is 2.04. The van der Waals surface area contributed by atoms with Gasteiger partial charge in [0.15, 0.2) is 0 Å². The monoisotopic (exact) mass is 356 g/mol. The lowest BCUT2D eigenvalue weighted by Crippen LogP contribution is -2.33. The molecule has 0 amide bonds. The summed E-state index contributed by atoms with van der Waals surface area (Å²) in [6.07, 6.45) is 1.13. The molecule has 0 aliphatic carbocycles. The molecule has 0 saturated carbocycles. The van der Waals surface area contributed by atoms with E-state index < -0.39 is 0 Å². The highest BCUT2D eigenvalue weighted by Gasteiger charge is 2.26. The number of rotatable bonds is 6. The van der Waals surface area contributed by atoms with Gasteiger partial charge >= 0.3 is 0 Å². The first kappa shape index (κ1) is 18.5. The van der Waals surface area contributed by atoms with E-state index in [-0.39, 0.29) is 6.04 Å². The molecule has 1 unspecified atom stereocenters. The van der Waals surface area contributed by atoms with Crippen LogP contribution in [0.5, 0.6) is 17.2 Å². The number of hydrogen-bond donors (Lipinski definition) is 1. The van der Waals surface area contributed by atoms with Gasteiger partial charge in [-0.2, -0.15) is 0 Å². The Kier molecular flexibility index (Phi) is 6.36. The summed E-state index contributed by atoms with van der Waals surface area (Å²) in [6.45, 7) is 4.08. The van der Waals surface area contributed by atoms with E-state index in [9.17, 15) is 0 Å². The molecule has 140 valence electrons. The van der Waals surface area contributed by atoms with E-state index in [1.54, 1.807) is 21.3 Å². The van der Waals surface area contributed by atoms with Crippen LogP contribution in [0.15, 0.2) is 42.5 Å². The van der Waals surface area contributed by atoms with Gasteiger partial charge in [0.05, 0.1) is 27.4 Å². The lowest BCUT2D eigenvalue weighted by molar-refractivity contribution is 0.236. The van der Waals surface area contributed by atoms with Crippen LogP contribution < -0.4 is 19.5 Å². The van der Waals surface area contributed by atoms with Gasteiger partial charge in [-0.1, -0.05) is 12.1 Å². The maximum absolute atomic E-state index is 5.71. The number of nitrogens with one attached hydrogen (secondary N) is 1. The molecule has 2 aromatic carbocycles. The van der Waals surface area contributed by atoms with Crippen molar-refractivity contribution in [1.82, 2.24) is 10.2 Å². The fourth-order valence-electron chi connectivity index (χ4n) is 3.54. The van der Waals surface area contributed by atoms with Gasteiger partial charge in [-0.05, 0) is 42.8 Å². The lowest BCUT2D eigenvalue weighted by atomic mass is 9.95. The number of methoxy groups -OCH3 is 3. The Morgan fingerprint density at radius 1 is 0.846 bits per heavy atom. The normalized spacial score (nSPS) is 16.6. The van der Waals surface area contributed by atoms with E-state index in [0.29, 0.717) is 0 Å². The number of hydrogen-bond acceptors (Lipinski definition) is 5. The molecule has 0 spiro atoms. The summed E-state index contributed by atoms with van der Waals surface area (Å²) in [4.78, 5) is 2.52. The SMILES string of the molecule is COc1ccc(C(c2ccc(OC)cc2OC)N2CCCNCC2)cc1. The van der Waals surface area contributed by atoms with Crippen molar-refractivity contribution >= 4 is 0 Å². The van der Waals surface area contributed by atoms with Crippen molar-refractivity contribution in [3.63, 3.8) is 0 Å². The largest absolute Gasteiger partial charge is 0.497 e. The van der Waals surface area contributed by atoms with Crippen LogP contribution >= 0.6 is 0 Å². The molecule has 3 rings (SSSR count). The molecule has 2 aromatic rings. The van der Waals surface area contributed by atoms with E-state index in [0.717, 1.165) is 55.4 Å². The molecule has 1 atom stereocenters. The minimum absolute atomic E-state index is 0.127. The molecule has 0 radical (unpaired) electrons. The van der Waals surface area contributed by atoms with Crippen LogP contribution in [0.4, 0.5) is 0 Å². The number of ether oxygens (including phenoxy) is 3. The average Bonchev–Trinajstić information content (AvgIpc) is 2.98. The van der Waals surface area contributed by atoms with Crippen LogP contribution in [0.3, 0.4) is 0 Å². The van der Waals surface area contributed by atoms with Gasteiger partial charge in [-0.3, -0.25) is 4.90 Å². The fourth-order valence-corrected chi connectivity index (χ4v) is 3.54. The lowest BCUT2D eigenvalue weighted by Gasteiger charge is -2.32.